The van der Waals surface area contributed by atoms with E-state index >= 15 is 0 Å². The van der Waals surface area contributed by atoms with Gasteiger partial charge in [0.2, 0.25) is 0 Å². The van der Waals surface area contributed by atoms with Crippen molar-refractivity contribution >= 4 is 0 Å². The van der Waals surface area contributed by atoms with Crippen LogP contribution < -0.4 is 5.73 Å². The van der Waals surface area contributed by atoms with Gasteiger partial charge in [-0.05, 0) is 55.2 Å². The van der Waals surface area contributed by atoms with Crippen LogP contribution in [-0.4, -0.2) is 6.04 Å². The van der Waals surface area contributed by atoms with E-state index in [1.54, 1.807) is 12.1 Å². The number of rotatable bonds is 2. The van der Waals surface area contributed by atoms with Gasteiger partial charge in [0, 0.05) is 6.04 Å². The van der Waals surface area contributed by atoms with Gasteiger partial charge < -0.3 is 5.73 Å². The molecule has 2 rings (SSSR count). The maximum atomic E-state index is 12.5. The van der Waals surface area contributed by atoms with Gasteiger partial charge in [-0.1, -0.05) is 19.1 Å². The smallest absolute Gasteiger partial charge is 0.327 e. The largest absolute Gasteiger partial charge is 0.416 e. The van der Waals surface area contributed by atoms with E-state index in [1.807, 2.05) is 0 Å². The summed E-state index contributed by atoms with van der Waals surface area (Å²) < 4.78 is 37.4. The zero-order valence-electron chi connectivity index (χ0n) is 11.1. The van der Waals surface area contributed by atoms with Gasteiger partial charge in [-0.25, -0.2) is 0 Å². The molecule has 3 unspecified atom stereocenters. The molecule has 1 nitrogen and oxygen atoms in total. The molecule has 0 aromatic heterocycles. The van der Waals surface area contributed by atoms with Crippen LogP contribution in [-0.2, 0) is 12.6 Å². The third-order valence-corrected chi connectivity index (χ3v) is 4.08. The van der Waals surface area contributed by atoms with Crippen molar-refractivity contribution in [3.05, 3.63) is 35.4 Å². The van der Waals surface area contributed by atoms with E-state index < -0.39 is 11.7 Å². The molecule has 4 heteroatoms. The highest BCUT2D eigenvalue weighted by Gasteiger charge is 2.30. The summed E-state index contributed by atoms with van der Waals surface area (Å²) >= 11 is 0. The standard InChI is InChI=1S/C15H20F3N/c1-10-2-7-14(19)12(8-10)9-11-3-5-13(6-4-11)15(16,17)18/h3-6,10,12,14H,2,7-9,19H2,1H3. The highest BCUT2D eigenvalue weighted by molar-refractivity contribution is 5.25. The summed E-state index contributed by atoms with van der Waals surface area (Å²) in [7, 11) is 0. The lowest BCUT2D eigenvalue weighted by Gasteiger charge is -2.32. The van der Waals surface area contributed by atoms with E-state index in [4.69, 9.17) is 5.73 Å². The lowest BCUT2D eigenvalue weighted by molar-refractivity contribution is -0.137. The Balaban J connectivity index is 2.03. The van der Waals surface area contributed by atoms with Crippen molar-refractivity contribution in [2.45, 2.75) is 44.8 Å². The molecule has 0 aliphatic heterocycles. The first-order valence-corrected chi connectivity index (χ1v) is 6.78. The minimum Gasteiger partial charge on any atom is -0.327 e. The molecule has 1 aromatic rings. The monoisotopic (exact) mass is 271 g/mol. The zero-order chi connectivity index (χ0) is 14.0. The fourth-order valence-corrected chi connectivity index (χ4v) is 2.89. The van der Waals surface area contributed by atoms with Gasteiger partial charge in [-0.3, -0.25) is 0 Å². The van der Waals surface area contributed by atoms with Crippen LogP contribution in [0.5, 0.6) is 0 Å². The minimum absolute atomic E-state index is 0.179. The first-order valence-electron chi connectivity index (χ1n) is 6.78. The van der Waals surface area contributed by atoms with E-state index in [0.29, 0.717) is 11.8 Å². The van der Waals surface area contributed by atoms with Crippen LogP contribution in [0.3, 0.4) is 0 Å². The van der Waals surface area contributed by atoms with Gasteiger partial charge in [0.25, 0.3) is 0 Å². The Morgan fingerprint density at radius 2 is 1.79 bits per heavy atom. The minimum atomic E-state index is -4.26. The normalized spacial score (nSPS) is 28.4. The summed E-state index contributed by atoms with van der Waals surface area (Å²) in [6.45, 7) is 2.21. The van der Waals surface area contributed by atoms with Gasteiger partial charge in [0.15, 0.2) is 0 Å². The molecule has 1 fully saturated rings. The van der Waals surface area contributed by atoms with Crippen molar-refractivity contribution in [3.8, 4) is 0 Å². The highest BCUT2D eigenvalue weighted by Crippen LogP contribution is 2.32. The molecular formula is C15H20F3N. The van der Waals surface area contributed by atoms with Gasteiger partial charge >= 0.3 is 6.18 Å². The van der Waals surface area contributed by atoms with Crippen molar-refractivity contribution in [1.82, 2.24) is 0 Å². The summed E-state index contributed by atoms with van der Waals surface area (Å²) in [4.78, 5) is 0. The lowest BCUT2D eigenvalue weighted by atomic mass is 9.76. The number of hydrogen-bond acceptors (Lipinski definition) is 1. The average molecular weight is 271 g/mol. The molecule has 3 atom stereocenters. The van der Waals surface area contributed by atoms with Crippen LogP contribution in [0.4, 0.5) is 13.2 Å². The first kappa shape index (κ1) is 14.4. The van der Waals surface area contributed by atoms with E-state index in [0.717, 1.165) is 43.4 Å². The lowest BCUT2D eigenvalue weighted by Crippen LogP contribution is -2.36. The second-order valence-corrected chi connectivity index (χ2v) is 5.74. The van der Waals surface area contributed by atoms with Gasteiger partial charge in [-0.15, -0.1) is 0 Å². The van der Waals surface area contributed by atoms with Gasteiger partial charge in [-0.2, -0.15) is 13.2 Å². The summed E-state index contributed by atoms with van der Waals surface area (Å²) in [5, 5.41) is 0. The number of benzene rings is 1. The molecule has 19 heavy (non-hydrogen) atoms. The molecule has 1 aliphatic carbocycles. The van der Waals surface area contributed by atoms with E-state index in [2.05, 4.69) is 6.92 Å². The van der Waals surface area contributed by atoms with E-state index in [9.17, 15) is 13.2 Å². The molecule has 0 spiro atoms. The Bertz CT molecular complexity index is 410. The Morgan fingerprint density at radius 1 is 1.16 bits per heavy atom. The Kier molecular flexibility index (Phi) is 4.19. The zero-order valence-corrected chi connectivity index (χ0v) is 11.1. The molecule has 0 saturated heterocycles. The Hall–Kier alpha value is -1.03. The molecule has 2 N–H and O–H groups in total. The summed E-state index contributed by atoms with van der Waals surface area (Å²) in [6.07, 6.45) is -0.225. The van der Waals surface area contributed by atoms with Crippen molar-refractivity contribution in [1.29, 1.82) is 0 Å². The van der Waals surface area contributed by atoms with Crippen LogP contribution in [0.15, 0.2) is 24.3 Å². The molecule has 1 aliphatic rings. The van der Waals surface area contributed by atoms with Crippen LogP contribution in [0, 0.1) is 11.8 Å². The van der Waals surface area contributed by atoms with E-state index in [-0.39, 0.29) is 6.04 Å². The molecule has 106 valence electrons. The molecule has 0 heterocycles. The predicted molar refractivity (Wildman–Crippen MR) is 69.6 cm³/mol. The summed E-state index contributed by atoms with van der Waals surface area (Å²) in [5.41, 5.74) is 6.47. The molecule has 0 radical (unpaired) electrons. The van der Waals surface area contributed by atoms with Gasteiger partial charge in [0.05, 0.1) is 5.56 Å². The quantitative estimate of drug-likeness (QED) is 0.864. The molecule has 1 aromatic carbocycles. The Morgan fingerprint density at radius 3 is 2.37 bits per heavy atom. The molecular weight excluding hydrogens is 251 g/mol. The number of alkyl halides is 3. The second kappa shape index (κ2) is 5.53. The predicted octanol–water partition coefficient (Wildman–Crippen LogP) is 4.01. The third-order valence-electron chi connectivity index (χ3n) is 4.08. The maximum Gasteiger partial charge on any atom is 0.416 e. The summed E-state index contributed by atoms with van der Waals surface area (Å²) in [5.74, 6) is 1.06. The maximum absolute atomic E-state index is 12.5. The third kappa shape index (κ3) is 3.72. The Labute approximate surface area is 112 Å². The first-order chi connectivity index (χ1) is 8.86. The molecule has 1 saturated carbocycles. The van der Waals surface area contributed by atoms with Crippen molar-refractivity contribution < 1.29 is 13.2 Å². The van der Waals surface area contributed by atoms with Gasteiger partial charge in [0.1, 0.15) is 0 Å². The van der Waals surface area contributed by atoms with Crippen molar-refractivity contribution in [2.24, 2.45) is 17.6 Å². The topological polar surface area (TPSA) is 26.0 Å². The highest BCUT2D eigenvalue weighted by atomic mass is 19.4. The number of hydrogen-bond donors (Lipinski definition) is 1. The second-order valence-electron chi connectivity index (χ2n) is 5.74. The molecule has 0 amide bonds. The van der Waals surface area contributed by atoms with Crippen LogP contribution in [0.2, 0.25) is 0 Å². The number of halogens is 3. The molecule has 0 bridgehead atoms. The average Bonchev–Trinajstić information content (AvgIpc) is 2.33. The van der Waals surface area contributed by atoms with Crippen LogP contribution in [0.1, 0.15) is 37.3 Å². The SMILES string of the molecule is CC1CCC(N)C(Cc2ccc(C(F)(F)F)cc2)C1. The van der Waals surface area contributed by atoms with E-state index in [1.165, 1.54) is 0 Å². The van der Waals surface area contributed by atoms with Crippen LogP contribution in [0.25, 0.3) is 0 Å². The van der Waals surface area contributed by atoms with Crippen LogP contribution >= 0.6 is 0 Å². The fourth-order valence-electron chi connectivity index (χ4n) is 2.89. The summed E-state index contributed by atoms with van der Waals surface area (Å²) in [6, 6.07) is 5.66. The van der Waals surface area contributed by atoms with Crippen molar-refractivity contribution in [3.63, 3.8) is 0 Å². The number of nitrogens with two attached hydrogens (primary N) is 1. The van der Waals surface area contributed by atoms with Crippen molar-refractivity contribution in [2.75, 3.05) is 0 Å². The fraction of sp³-hybridized carbons (Fsp3) is 0.600.